The summed E-state index contributed by atoms with van der Waals surface area (Å²) in [5.41, 5.74) is 2.07. The topological polar surface area (TPSA) is 38.1 Å². The fraction of sp³-hybridized carbons (Fsp3) is 0.571. The lowest BCUT2D eigenvalue weighted by Crippen LogP contribution is -2.35. The Bertz CT molecular complexity index is 620. The molecule has 2 aromatic rings. The third kappa shape index (κ3) is 4.27. The van der Waals surface area contributed by atoms with Crippen LogP contribution in [0.25, 0.3) is 11.3 Å². The van der Waals surface area contributed by atoms with Crippen LogP contribution in [0, 0.1) is 23.7 Å². The van der Waals surface area contributed by atoms with Gasteiger partial charge in [-0.05, 0) is 43.1 Å². The van der Waals surface area contributed by atoms with E-state index in [-0.39, 0.29) is 0 Å². The van der Waals surface area contributed by atoms with Gasteiger partial charge in [0.2, 0.25) is 0 Å². The zero-order chi connectivity index (χ0) is 16.9. The molecule has 0 amide bonds. The Morgan fingerprint density at radius 2 is 2.00 bits per heavy atom. The van der Waals surface area contributed by atoms with Crippen LogP contribution in [0.2, 0.25) is 0 Å². The van der Waals surface area contributed by atoms with Gasteiger partial charge < -0.3 is 9.84 Å². The first kappa shape index (κ1) is 17.2. The second-order valence-corrected chi connectivity index (χ2v) is 7.77. The van der Waals surface area contributed by atoms with Crippen LogP contribution in [-0.2, 0) is 6.54 Å². The van der Waals surface area contributed by atoms with Gasteiger partial charge in [0.1, 0.15) is 0 Å². The van der Waals surface area contributed by atoms with Crippen LogP contribution in [0.4, 0.5) is 0 Å². The molecule has 0 aliphatic heterocycles. The monoisotopic (exact) mass is 326 g/mol. The van der Waals surface area contributed by atoms with Gasteiger partial charge in [-0.25, -0.2) is 0 Å². The molecule has 1 aromatic carbocycles. The average Bonchev–Trinajstić information content (AvgIpc) is 3.04. The number of nitrogens with zero attached hydrogens (tertiary/aromatic N) is 1. The first-order valence-corrected chi connectivity index (χ1v) is 9.35. The van der Waals surface area contributed by atoms with Gasteiger partial charge in [0.25, 0.3) is 0 Å². The molecule has 1 aliphatic rings. The van der Waals surface area contributed by atoms with Crippen LogP contribution in [-0.4, -0.2) is 11.7 Å². The van der Waals surface area contributed by atoms with E-state index < -0.39 is 0 Å². The molecule has 0 radical (unpaired) electrons. The second-order valence-electron chi connectivity index (χ2n) is 7.77. The molecule has 1 aliphatic carbocycles. The summed E-state index contributed by atoms with van der Waals surface area (Å²) in [4.78, 5) is 0. The maximum atomic E-state index is 5.48. The van der Waals surface area contributed by atoms with Gasteiger partial charge in [0, 0.05) is 18.2 Å². The maximum Gasteiger partial charge on any atom is 0.167 e. The fourth-order valence-electron chi connectivity index (χ4n) is 4.15. The standard InChI is InChI=1S/C21H30N2O/c1-15(2)20-10-9-16(3)11-18(20)13-22-14-19-12-21(24-23-19)17-7-5-4-6-8-17/h4-8,12,15-16,18,20,22H,9-11,13-14H2,1-3H3/t16-,18?,20+/m1/s1. The van der Waals surface area contributed by atoms with Crippen molar-refractivity contribution in [1.82, 2.24) is 10.5 Å². The van der Waals surface area contributed by atoms with Crippen LogP contribution in [0.5, 0.6) is 0 Å². The highest BCUT2D eigenvalue weighted by molar-refractivity contribution is 5.56. The molecule has 1 unspecified atom stereocenters. The molecule has 1 fully saturated rings. The van der Waals surface area contributed by atoms with E-state index in [0.717, 1.165) is 53.8 Å². The maximum absolute atomic E-state index is 5.48. The van der Waals surface area contributed by atoms with Crippen molar-refractivity contribution in [3.8, 4) is 11.3 Å². The summed E-state index contributed by atoms with van der Waals surface area (Å²) in [5, 5.41) is 7.83. The summed E-state index contributed by atoms with van der Waals surface area (Å²) >= 11 is 0. The molecule has 3 atom stereocenters. The lowest BCUT2D eigenvalue weighted by Gasteiger charge is -2.37. The quantitative estimate of drug-likeness (QED) is 0.798. The van der Waals surface area contributed by atoms with Gasteiger partial charge in [0.15, 0.2) is 5.76 Å². The predicted molar refractivity (Wildman–Crippen MR) is 98.5 cm³/mol. The number of benzene rings is 1. The Hall–Kier alpha value is -1.61. The van der Waals surface area contributed by atoms with Crippen molar-refractivity contribution in [1.29, 1.82) is 0 Å². The molecule has 1 saturated carbocycles. The van der Waals surface area contributed by atoms with Crippen LogP contribution in [0.3, 0.4) is 0 Å². The van der Waals surface area contributed by atoms with E-state index in [0.29, 0.717) is 0 Å². The summed E-state index contributed by atoms with van der Waals surface area (Å²) in [6.07, 6.45) is 4.13. The normalized spacial score (nSPS) is 24.4. The Labute approximate surface area is 145 Å². The van der Waals surface area contributed by atoms with Gasteiger partial charge in [-0.3, -0.25) is 0 Å². The van der Waals surface area contributed by atoms with Gasteiger partial charge in [-0.2, -0.15) is 0 Å². The lowest BCUT2D eigenvalue weighted by atomic mass is 9.70. The molecule has 3 rings (SSSR count). The van der Waals surface area contributed by atoms with Crippen molar-refractivity contribution in [2.24, 2.45) is 23.7 Å². The highest BCUT2D eigenvalue weighted by Crippen LogP contribution is 2.37. The molecular formula is C21H30N2O. The third-order valence-corrected chi connectivity index (χ3v) is 5.49. The third-order valence-electron chi connectivity index (χ3n) is 5.49. The summed E-state index contributed by atoms with van der Waals surface area (Å²) in [7, 11) is 0. The van der Waals surface area contributed by atoms with E-state index in [2.05, 4.69) is 31.2 Å². The largest absolute Gasteiger partial charge is 0.356 e. The SMILES string of the molecule is CC(C)[C@@H]1CC[C@@H](C)CC1CNCc1cc(-c2ccccc2)on1. The molecule has 1 aromatic heterocycles. The van der Waals surface area contributed by atoms with Crippen molar-refractivity contribution < 1.29 is 4.52 Å². The number of rotatable bonds is 6. The number of hydrogen-bond acceptors (Lipinski definition) is 3. The Balaban J connectivity index is 1.53. The van der Waals surface area contributed by atoms with E-state index in [9.17, 15) is 0 Å². The molecular weight excluding hydrogens is 296 g/mol. The smallest absolute Gasteiger partial charge is 0.167 e. The summed E-state index contributed by atoms with van der Waals surface area (Å²) in [6.45, 7) is 9.01. The highest BCUT2D eigenvalue weighted by atomic mass is 16.5. The number of aromatic nitrogens is 1. The molecule has 130 valence electrons. The summed E-state index contributed by atoms with van der Waals surface area (Å²) in [6, 6.07) is 12.2. The van der Waals surface area contributed by atoms with E-state index in [4.69, 9.17) is 4.52 Å². The first-order valence-electron chi connectivity index (χ1n) is 9.35. The van der Waals surface area contributed by atoms with Gasteiger partial charge >= 0.3 is 0 Å². The minimum atomic E-state index is 0.779. The Morgan fingerprint density at radius 1 is 1.21 bits per heavy atom. The van der Waals surface area contributed by atoms with Crippen molar-refractivity contribution in [2.75, 3.05) is 6.54 Å². The fourth-order valence-corrected chi connectivity index (χ4v) is 4.15. The Morgan fingerprint density at radius 3 is 2.75 bits per heavy atom. The average molecular weight is 326 g/mol. The second kappa shape index (κ2) is 7.98. The van der Waals surface area contributed by atoms with E-state index in [1.54, 1.807) is 0 Å². The molecule has 0 spiro atoms. The molecule has 0 bridgehead atoms. The van der Waals surface area contributed by atoms with Gasteiger partial charge in [-0.15, -0.1) is 0 Å². The van der Waals surface area contributed by atoms with E-state index in [1.165, 1.54) is 19.3 Å². The van der Waals surface area contributed by atoms with Crippen LogP contribution in [0.1, 0.15) is 45.7 Å². The van der Waals surface area contributed by atoms with E-state index >= 15 is 0 Å². The minimum absolute atomic E-state index is 0.779. The number of hydrogen-bond donors (Lipinski definition) is 1. The first-order chi connectivity index (χ1) is 11.6. The van der Waals surface area contributed by atoms with Crippen molar-refractivity contribution >= 4 is 0 Å². The number of nitrogens with one attached hydrogen (secondary N) is 1. The van der Waals surface area contributed by atoms with Crippen LogP contribution in [0.15, 0.2) is 40.9 Å². The molecule has 3 heteroatoms. The zero-order valence-electron chi connectivity index (χ0n) is 15.2. The van der Waals surface area contributed by atoms with E-state index in [1.807, 2.05) is 36.4 Å². The van der Waals surface area contributed by atoms with Gasteiger partial charge in [0.05, 0.1) is 5.69 Å². The van der Waals surface area contributed by atoms with Crippen LogP contribution < -0.4 is 5.32 Å². The molecule has 24 heavy (non-hydrogen) atoms. The predicted octanol–water partition coefficient (Wildman–Crippen LogP) is 5.14. The lowest BCUT2D eigenvalue weighted by molar-refractivity contribution is 0.141. The van der Waals surface area contributed by atoms with Crippen molar-refractivity contribution in [2.45, 2.75) is 46.6 Å². The Kier molecular flexibility index (Phi) is 5.72. The summed E-state index contributed by atoms with van der Waals surface area (Å²) < 4.78 is 5.48. The molecule has 3 nitrogen and oxygen atoms in total. The molecule has 0 saturated heterocycles. The molecule has 1 N–H and O–H groups in total. The highest BCUT2D eigenvalue weighted by Gasteiger charge is 2.30. The molecule has 1 heterocycles. The van der Waals surface area contributed by atoms with Gasteiger partial charge in [-0.1, -0.05) is 62.7 Å². The van der Waals surface area contributed by atoms with Crippen molar-refractivity contribution in [3.63, 3.8) is 0 Å². The van der Waals surface area contributed by atoms with Crippen LogP contribution >= 0.6 is 0 Å². The minimum Gasteiger partial charge on any atom is -0.356 e. The summed E-state index contributed by atoms with van der Waals surface area (Å²) in [5.74, 6) is 4.13. The van der Waals surface area contributed by atoms with Crippen molar-refractivity contribution in [3.05, 3.63) is 42.1 Å². The zero-order valence-corrected chi connectivity index (χ0v) is 15.2.